The molecule has 4 atom stereocenters. The summed E-state index contributed by atoms with van der Waals surface area (Å²) in [6.07, 6.45) is 2.54. The Morgan fingerprint density at radius 2 is 1.33 bits per heavy atom. The van der Waals surface area contributed by atoms with Gasteiger partial charge in [-0.1, -0.05) is 91.0 Å². The fourth-order valence-corrected chi connectivity index (χ4v) is 6.67. The Balaban J connectivity index is 1.06. The lowest BCUT2D eigenvalue weighted by Gasteiger charge is -2.39. The highest BCUT2D eigenvalue weighted by atomic mass is 16.5. The molecule has 0 radical (unpaired) electrons. The molecule has 2 fully saturated rings. The third kappa shape index (κ3) is 9.46. The molecule has 6 heteroatoms. The summed E-state index contributed by atoms with van der Waals surface area (Å²) in [6, 6.07) is 34.3. The number of ether oxygens (including phenoxy) is 4. The fraction of sp³-hybridized carbons (Fsp3) is 0.436. The van der Waals surface area contributed by atoms with E-state index in [0.29, 0.717) is 44.9 Å². The number of fused-ring (bicyclic) bond motifs is 1. The van der Waals surface area contributed by atoms with E-state index in [9.17, 15) is 0 Å². The number of hydrogen-bond donors (Lipinski definition) is 2. The van der Waals surface area contributed by atoms with Crippen molar-refractivity contribution in [1.29, 1.82) is 0 Å². The fourth-order valence-electron chi connectivity index (χ4n) is 6.67. The second-order valence-electron chi connectivity index (χ2n) is 12.6. The van der Waals surface area contributed by atoms with Crippen molar-refractivity contribution >= 4 is 10.8 Å². The summed E-state index contributed by atoms with van der Waals surface area (Å²) in [6.45, 7) is 8.44. The quantitative estimate of drug-likeness (QED) is 0.151. The van der Waals surface area contributed by atoms with E-state index < -0.39 is 0 Å². The van der Waals surface area contributed by atoms with E-state index in [4.69, 9.17) is 18.9 Å². The summed E-state index contributed by atoms with van der Waals surface area (Å²) in [5.74, 6) is 1.19. The first kappa shape index (κ1) is 31.9. The number of piperidine rings is 2. The maximum Gasteiger partial charge on any atom is 0.0776 e. The summed E-state index contributed by atoms with van der Waals surface area (Å²) >= 11 is 0. The second kappa shape index (κ2) is 17.0. The van der Waals surface area contributed by atoms with Crippen molar-refractivity contribution in [3.8, 4) is 0 Å². The molecule has 0 aliphatic carbocycles. The highest BCUT2D eigenvalue weighted by Gasteiger charge is 2.35. The van der Waals surface area contributed by atoms with Gasteiger partial charge in [0.05, 0.1) is 52.4 Å². The van der Waals surface area contributed by atoms with Gasteiger partial charge in [-0.15, -0.1) is 0 Å². The largest absolute Gasteiger partial charge is 0.381 e. The highest BCUT2D eigenvalue weighted by molar-refractivity contribution is 5.82. The van der Waals surface area contributed by atoms with Crippen LogP contribution in [0.4, 0.5) is 0 Å². The van der Waals surface area contributed by atoms with Crippen LogP contribution in [0.2, 0.25) is 0 Å². The van der Waals surface area contributed by atoms with Crippen LogP contribution in [0, 0.1) is 11.8 Å². The summed E-state index contributed by atoms with van der Waals surface area (Å²) in [7, 11) is 0. The Kier molecular flexibility index (Phi) is 12.0. The average Bonchev–Trinajstić information content (AvgIpc) is 3.10. The third-order valence-corrected chi connectivity index (χ3v) is 9.14. The van der Waals surface area contributed by atoms with Crippen molar-refractivity contribution in [2.75, 3.05) is 52.6 Å². The molecule has 0 aromatic heterocycles. The van der Waals surface area contributed by atoms with Crippen LogP contribution < -0.4 is 10.6 Å². The van der Waals surface area contributed by atoms with Gasteiger partial charge in [-0.25, -0.2) is 0 Å². The van der Waals surface area contributed by atoms with Crippen LogP contribution in [0.3, 0.4) is 0 Å². The maximum atomic E-state index is 6.71. The van der Waals surface area contributed by atoms with Crippen molar-refractivity contribution in [2.24, 2.45) is 11.8 Å². The molecule has 2 saturated heterocycles. The normalized spacial score (nSPS) is 22.0. The molecule has 0 saturated carbocycles. The molecule has 4 unspecified atom stereocenters. The molecule has 0 bridgehead atoms. The zero-order valence-electron chi connectivity index (χ0n) is 26.4. The van der Waals surface area contributed by atoms with Crippen LogP contribution >= 0.6 is 0 Å². The number of nitrogens with one attached hydrogen (secondary N) is 2. The van der Waals surface area contributed by atoms with Gasteiger partial charge in [-0.3, -0.25) is 0 Å². The van der Waals surface area contributed by atoms with Gasteiger partial charge in [-0.2, -0.15) is 0 Å². The van der Waals surface area contributed by atoms with Gasteiger partial charge < -0.3 is 29.6 Å². The van der Waals surface area contributed by atoms with Crippen LogP contribution in [-0.2, 0) is 38.8 Å². The molecule has 238 valence electrons. The molecule has 2 aliphatic rings. The monoisotopic (exact) mass is 608 g/mol. The lowest BCUT2D eigenvalue weighted by molar-refractivity contribution is -0.0285. The molecule has 6 rings (SSSR count). The van der Waals surface area contributed by atoms with Crippen molar-refractivity contribution in [1.82, 2.24) is 10.6 Å². The van der Waals surface area contributed by atoms with E-state index in [-0.39, 0.29) is 12.0 Å². The van der Waals surface area contributed by atoms with Crippen LogP contribution in [0.1, 0.15) is 41.0 Å². The highest BCUT2D eigenvalue weighted by Crippen LogP contribution is 2.34. The standard InChI is InChI=1S/C39H48N2O4/c1-2-7-30(8-3-1)25-42-19-20-43-26-31-12-16-35(17-13-31)39-37(29-44-27-33-9-6-18-40-22-33)23-41-24-38(39)45-28-32-14-15-34-10-4-5-11-36(34)21-32/h1-5,7-8,10-17,21,33,37-41H,6,9,18-20,22-29H2. The van der Waals surface area contributed by atoms with E-state index >= 15 is 0 Å². The molecule has 0 amide bonds. The second-order valence-corrected chi connectivity index (χ2v) is 12.6. The van der Waals surface area contributed by atoms with Crippen LogP contribution in [0.15, 0.2) is 97.1 Å². The average molecular weight is 609 g/mol. The molecular weight excluding hydrogens is 560 g/mol. The van der Waals surface area contributed by atoms with E-state index in [1.165, 1.54) is 45.9 Å². The number of rotatable bonds is 15. The minimum absolute atomic E-state index is 0.0547. The zero-order chi connectivity index (χ0) is 30.5. The molecule has 2 N–H and O–H groups in total. The molecule has 2 heterocycles. The molecule has 4 aromatic carbocycles. The van der Waals surface area contributed by atoms with E-state index in [1.54, 1.807) is 0 Å². The Morgan fingerprint density at radius 1 is 0.600 bits per heavy atom. The smallest absolute Gasteiger partial charge is 0.0776 e. The first-order valence-corrected chi connectivity index (χ1v) is 16.7. The third-order valence-electron chi connectivity index (χ3n) is 9.14. The Labute approximate surface area is 268 Å². The topological polar surface area (TPSA) is 61.0 Å². The van der Waals surface area contributed by atoms with Gasteiger partial charge >= 0.3 is 0 Å². The van der Waals surface area contributed by atoms with Gasteiger partial charge in [-0.05, 0) is 64.4 Å². The van der Waals surface area contributed by atoms with Gasteiger partial charge in [0.15, 0.2) is 0 Å². The van der Waals surface area contributed by atoms with Gasteiger partial charge in [0.2, 0.25) is 0 Å². The lowest BCUT2D eigenvalue weighted by Crippen LogP contribution is -2.48. The summed E-state index contributed by atoms with van der Waals surface area (Å²) < 4.78 is 24.8. The van der Waals surface area contributed by atoms with Gasteiger partial charge in [0.1, 0.15) is 0 Å². The molecule has 2 aliphatic heterocycles. The first-order chi connectivity index (χ1) is 22.3. The lowest BCUT2D eigenvalue weighted by atomic mass is 9.79. The van der Waals surface area contributed by atoms with Crippen molar-refractivity contribution in [3.63, 3.8) is 0 Å². The predicted molar refractivity (Wildman–Crippen MR) is 180 cm³/mol. The first-order valence-electron chi connectivity index (χ1n) is 16.7. The van der Waals surface area contributed by atoms with Crippen molar-refractivity contribution in [2.45, 2.75) is 44.7 Å². The molecule has 0 spiro atoms. The molecule has 6 nitrogen and oxygen atoms in total. The SMILES string of the molecule is c1ccc(COCCOCc2ccc(C3C(COCC4CCCNC4)CNCC3OCc3ccc4ccccc4c3)cc2)cc1. The van der Waals surface area contributed by atoms with E-state index in [2.05, 4.69) is 89.5 Å². The number of hydrogen-bond acceptors (Lipinski definition) is 6. The minimum atomic E-state index is 0.0547. The number of benzene rings is 4. The van der Waals surface area contributed by atoms with Crippen LogP contribution in [0.5, 0.6) is 0 Å². The Bertz CT molecular complexity index is 1420. The van der Waals surface area contributed by atoms with Gasteiger partial charge in [0.25, 0.3) is 0 Å². The van der Waals surface area contributed by atoms with Gasteiger partial charge in [0, 0.05) is 31.5 Å². The molecule has 4 aromatic rings. The molecular formula is C39H48N2O4. The maximum absolute atomic E-state index is 6.71. The molecule has 45 heavy (non-hydrogen) atoms. The van der Waals surface area contributed by atoms with E-state index in [0.717, 1.165) is 39.4 Å². The predicted octanol–water partition coefficient (Wildman–Crippen LogP) is 6.48. The summed E-state index contributed by atoms with van der Waals surface area (Å²) in [5.41, 5.74) is 4.86. The van der Waals surface area contributed by atoms with E-state index in [1.807, 2.05) is 18.2 Å². The van der Waals surface area contributed by atoms with Crippen LogP contribution in [-0.4, -0.2) is 58.7 Å². The Morgan fingerprint density at radius 3 is 2.11 bits per heavy atom. The summed E-state index contributed by atoms with van der Waals surface area (Å²) in [4.78, 5) is 0. The Hall–Kier alpha value is -3.10. The van der Waals surface area contributed by atoms with Crippen molar-refractivity contribution in [3.05, 3.63) is 119 Å². The summed E-state index contributed by atoms with van der Waals surface area (Å²) in [5, 5.41) is 9.68. The van der Waals surface area contributed by atoms with Crippen molar-refractivity contribution < 1.29 is 18.9 Å². The van der Waals surface area contributed by atoms with Crippen LogP contribution in [0.25, 0.3) is 10.8 Å². The zero-order valence-corrected chi connectivity index (χ0v) is 26.4. The minimum Gasteiger partial charge on any atom is -0.381 e.